The van der Waals surface area contributed by atoms with Crippen molar-refractivity contribution in [2.45, 2.75) is 25.9 Å². The van der Waals surface area contributed by atoms with Crippen molar-refractivity contribution in [1.29, 1.82) is 5.26 Å². The second-order valence-corrected chi connectivity index (χ2v) is 4.82. The number of hydrogen-bond donors (Lipinski definition) is 0. The van der Waals surface area contributed by atoms with E-state index in [0.717, 1.165) is 23.3 Å². The quantitative estimate of drug-likeness (QED) is 0.798. The second-order valence-electron chi connectivity index (χ2n) is 4.82. The average Bonchev–Trinajstić information content (AvgIpc) is 2.52. The van der Waals surface area contributed by atoms with Crippen LogP contribution in [0.4, 0.5) is 0 Å². The van der Waals surface area contributed by atoms with Gasteiger partial charge in [0, 0.05) is 0 Å². The molecular weight excluding hydrogens is 246 g/mol. The van der Waals surface area contributed by atoms with Crippen LogP contribution in [-0.4, -0.2) is 0 Å². The molecule has 0 spiro atoms. The summed E-state index contributed by atoms with van der Waals surface area (Å²) in [6, 6.07) is 17.9. The van der Waals surface area contributed by atoms with Crippen molar-refractivity contribution >= 4 is 0 Å². The lowest BCUT2D eigenvalue weighted by atomic mass is 9.94. The standard InChI is InChI=1S/C18H18NO/c1-3-14(2)18-11-17(10-9-16(18)12-19)20-13-15-7-5-4-6-8-15/h4-11,14H,1,3,13H2,2H3. The maximum absolute atomic E-state index is 9.15. The fourth-order valence-electron chi connectivity index (χ4n) is 2.04. The lowest BCUT2D eigenvalue weighted by molar-refractivity contribution is 0.305. The molecule has 0 aliphatic heterocycles. The highest BCUT2D eigenvalue weighted by atomic mass is 16.5. The van der Waals surface area contributed by atoms with Gasteiger partial charge in [-0.05, 0) is 41.7 Å². The molecule has 2 heteroatoms. The highest BCUT2D eigenvalue weighted by Crippen LogP contribution is 2.27. The van der Waals surface area contributed by atoms with Crippen molar-refractivity contribution in [3.05, 3.63) is 72.1 Å². The van der Waals surface area contributed by atoms with Gasteiger partial charge in [-0.15, -0.1) is 0 Å². The summed E-state index contributed by atoms with van der Waals surface area (Å²) < 4.78 is 5.80. The number of ether oxygens (including phenoxy) is 1. The summed E-state index contributed by atoms with van der Waals surface area (Å²) in [7, 11) is 0. The van der Waals surface area contributed by atoms with Crippen LogP contribution in [0.2, 0.25) is 0 Å². The van der Waals surface area contributed by atoms with Crippen LogP contribution in [0.3, 0.4) is 0 Å². The van der Waals surface area contributed by atoms with E-state index < -0.39 is 0 Å². The molecule has 0 N–H and O–H groups in total. The first-order valence-corrected chi connectivity index (χ1v) is 6.74. The molecule has 1 unspecified atom stereocenters. The first kappa shape index (κ1) is 14.1. The minimum absolute atomic E-state index is 0.255. The van der Waals surface area contributed by atoms with Gasteiger partial charge in [-0.1, -0.05) is 44.2 Å². The number of hydrogen-bond acceptors (Lipinski definition) is 2. The van der Waals surface area contributed by atoms with Crippen molar-refractivity contribution in [2.75, 3.05) is 0 Å². The van der Waals surface area contributed by atoms with Crippen molar-refractivity contribution in [1.82, 2.24) is 0 Å². The van der Waals surface area contributed by atoms with Crippen LogP contribution in [0.15, 0.2) is 48.5 Å². The van der Waals surface area contributed by atoms with E-state index in [4.69, 9.17) is 10.00 Å². The van der Waals surface area contributed by atoms with Crippen molar-refractivity contribution in [3.63, 3.8) is 0 Å². The molecule has 1 radical (unpaired) electrons. The normalized spacial score (nSPS) is 11.7. The molecule has 2 nitrogen and oxygen atoms in total. The first-order chi connectivity index (χ1) is 9.74. The summed E-state index contributed by atoms with van der Waals surface area (Å²) >= 11 is 0. The summed E-state index contributed by atoms with van der Waals surface area (Å²) in [6.45, 7) is 6.52. The molecule has 0 saturated carbocycles. The van der Waals surface area contributed by atoms with Gasteiger partial charge in [-0.25, -0.2) is 0 Å². The molecule has 0 aliphatic carbocycles. The largest absolute Gasteiger partial charge is 0.489 e. The molecule has 0 bridgehead atoms. The Bertz CT molecular complexity index is 599. The zero-order chi connectivity index (χ0) is 14.4. The lowest BCUT2D eigenvalue weighted by Gasteiger charge is -2.13. The molecule has 0 heterocycles. The summed E-state index contributed by atoms with van der Waals surface area (Å²) in [5, 5.41) is 9.15. The fraction of sp³-hybridized carbons (Fsp3) is 0.222. The van der Waals surface area contributed by atoms with E-state index >= 15 is 0 Å². The van der Waals surface area contributed by atoms with Crippen LogP contribution < -0.4 is 4.74 Å². The van der Waals surface area contributed by atoms with Crippen molar-refractivity contribution in [3.8, 4) is 11.8 Å². The molecular formula is C18H18NO. The van der Waals surface area contributed by atoms with E-state index in [2.05, 4.69) is 19.9 Å². The highest BCUT2D eigenvalue weighted by molar-refractivity contribution is 5.44. The Kier molecular flexibility index (Phi) is 4.79. The second kappa shape index (κ2) is 6.77. The molecule has 0 amide bonds. The maximum atomic E-state index is 9.15. The summed E-state index contributed by atoms with van der Waals surface area (Å²) in [5.41, 5.74) is 2.84. The van der Waals surface area contributed by atoms with Gasteiger partial charge in [0.15, 0.2) is 0 Å². The van der Waals surface area contributed by atoms with E-state index in [-0.39, 0.29) is 5.92 Å². The molecule has 1 atom stereocenters. The van der Waals surface area contributed by atoms with Crippen molar-refractivity contribution < 1.29 is 4.74 Å². The molecule has 101 valence electrons. The Morgan fingerprint density at radius 2 is 1.95 bits per heavy atom. The Morgan fingerprint density at radius 1 is 1.20 bits per heavy atom. The van der Waals surface area contributed by atoms with Crippen LogP contribution in [0.1, 0.15) is 36.0 Å². The SMILES string of the molecule is [CH2]CC(C)c1cc(OCc2ccccc2)ccc1C#N. The van der Waals surface area contributed by atoms with Gasteiger partial charge in [0.05, 0.1) is 11.6 Å². The molecule has 0 fully saturated rings. The van der Waals surface area contributed by atoms with Gasteiger partial charge in [-0.2, -0.15) is 5.26 Å². The monoisotopic (exact) mass is 264 g/mol. The summed E-state index contributed by atoms with van der Waals surface area (Å²) in [6.07, 6.45) is 0.761. The number of nitriles is 1. The summed E-state index contributed by atoms with van der Waals surface area (Å²) in [5.74, 6) is 1.05. The number of benzene rings is 2. The van der Waals surface area contributed by atoms with Gasteiger partial charge < -0.3 is 4.74 Å². The van der Waals surface area contributed by atoms with Crippen LogP contribution >= 0.6 is 0 Å². The van der Waals surface area contributed by atoms with E-state index in [1.54, 1.807) is 0 Å². The lowest BCUT2D eigenvalue weighted by Crippen LogP contribution is -1.99. The molecule has 0 aromatic heterocycles. The zero-order valence-electron chi connectivity index (χ0n) is 11.7. The third-order valence-corrected chi connectivity index (χ3v) is 3.36. The molecule has 2 rings (SSSR count). The first-order valence-electron chi connectivity index (χ1n) is 6.74. The molecule has 0 saturated heterocycles. The van der Waals surface area contributed by atoms with E-state index in [1.807, 2.05) is 48.5 Å². The third-order valence-electron chi connectivity index (χ3n) is 3.36. The Hall–Kier alpha value is -2.27. The molecule has 2 aromatic carbocycles. The fourth-order valence-corrected chi connectivity index (χ4v) is 2.04. The van der Waals surface area contributed by atoms with Crippen molar-refractivity contribution in [2.24, 2.45) is 0 Å². The minimum atomic E-state index is 0.255. The highest BCUT2D eigenvalue weighted by Gasteiger charge is 2.10. The van der Waals surface area contributed by atoms with Crippen LogP contribution in [0, 0.1) is 18.3 Å². The predicted molar refractivity (Wildman–Crippen MR) is 80.3 cm³/mol. The van der Waals surface area contributed by atoms with Crippen LogP contribution in [-0.2, 0) is 6.61 Å². The smallest absolute Gasteiger partial charge is 0.120 e. The average molecular weight is 264 g/mol. The minimum Gasteiger partial charge on any atom is -0.489 e. The number of rotatable bonds is 5. The van der Waals surface area contributed by atoms with Gasteiger partial charge in [0.2, 0.25) is 0 Å². The van der Waals surface area contributed by atoms with Gasteiger partial charge in [-0.3, -0.25) is 0 Å². The van der Waals surface area contributed by atoms with Crippen LogP contribution in [0.25, 0.3) is 0 Å². The molecule has 20 heavy (non-hydrogen) atoms. The third kappa shape index (κ3) is 3.39. The summed E-state index contributed by atoms with van der Waals surface area (Å²) in [4.78, 5) is 0. The van der Waals surface area contributed by atoms with E-state index in [9.17, 15) is 0 Å². The molecule has 0 aliphatic rings. The zero-order valence-corrected chi connectivity index (χ0v) is 11.7. The van der Waals surface area contributed by atoms with Crippen LogP contribution in [0.5, 0.6) is 5.75 Å². The predicted octanol–water partition coefficient (Wildman–Crippen LogP) is 4.46. The van der Waals surface area contributed by atoms with Gasteiger partial charge >= 0.3 is 0 Å². The van der Waals surface area contributed by atoms with Gasteiger partial charge in [0.25, 0.3) is 0 Å². The van der Waals surface area contributed by atoms with Gasteiger partial charge in [0.1, 0.15) is 12.4 Å². The maximum Gasteiger partial charge on any atom is 0.120 e. The molecule has 2 aromatic rings. The van der Waals surface area contributed by atoms with E-state index in [0.29, 0.717) is 12.2 Å². The topological polar surface area (TPSA) is 33.0 Å². The Morgan fingerprint density at radius 3 is 2.60 bits per heavy atom. The Labute approximate surface area is 120 Å². The van der Waals surface area contributed by atoms with E-state index in [1.165, 1.54) is 0 Å². The number of nitrogens with zero attached hydrogens (tertiary/aromatic N) is 1. The Balaban J connectivity index is 2.15.